The minimum Gasteiger partial charge on any atom is -0.312 e. The lowest BCUT2D eigenvalue weighted by Gasteiger charge is -2.09. The summed E-state index contributed by atoms with van der Waals surface area (Å²) in [6, 6.07) is 10.8. The van der Waals surface area contributed by atoms with Crippen molar-refractivity contribution in [3.05, 3.63) is 53.3 Å². The van der Waals surface area contributed by atoms with Crippen LogP contribution in [-0.4, -0.2) is 16.3 Å². The van der Waals surface area contributed by atoms with Crippen molar-refractivity contribution in [2.75, 3.05) is 6.54 Å². The summed E-state index contributed by atoms with van der Waals surface area (Å²) in [4.78, 5) is 0. The van der Waals surface area contributed by atoms with Crippen molar-refractivity contribution in [3.8, 4) is 0 Å². The van der Waals surface area contributed by atoms with Crippen LogP contribution in [0.25, 0.3) is 0 Å². The first-order valence-electron chi connectivity index (χ1n) is 6.92. The van der Waals surface area contributed by atoms with E-state index in [1.54, 1.807) is 0 Å². The maximum absolute atomic E-state index is 4.31. The van der Waals surface area contributed by atoms with Crippen LogP contribution in [0, 0.1) is 12.8 Å². The van der Waals surface area contributed by atoms with E-state index in [1.807, 2.05) is 16.9 Å². The second kappa shape index (κ2) is 6.53. The largest absolute Gasteiger partial charge is 0.312 e. The van der Waals surface area contributed by atoms with E-state index in [9.17, 15) is 0 Å². The van der Waals surface area contributed by atoms with Crippen LogP contribution in [0.5, 0.6) is 0 Å². The molecule has 1 N–H and O–H groups in total. The summed E-state index contributed by atoms with van der Waals surface area (Å²) in [5.74, 6) is 0.696. The molecule has 0 aliphatic rings. The van der Waals surface area contributed by atoms with Gasteiger partial charge in [-0.3, -0.25) is 4.68 Å². The Morgan fingerprint density at radius 1 is 1.11 bits per heavy atom. The van der Waals surface area contributed by atoms with Crippen LogP contribution in [0.1, 0.15) is 30.7 Å². The molecule has 2 aromatic rings. The number of rotatable bonds is 6. The lowest BCUT2D eigenvalue weighted by Crippen LogP contribution is -2.18. The van der Waals surface area contributed by atoms with Crippen LogP contribution < -0.4 is 5.32 Å². The molecule has 1 heterocycles. The first-order chi connectivity index (χ1) is 9.15. The van der Waals surface area contributed by atoms with Gasteiger partial charge in [-0.25, -0.2) is 0 Å². The van der Waals surface area contributed by atoms with E-state index in [0.717, 1.165) is 19.6 Å². The van der Waals surface area contributed by atoms with Crippen molar-refractivity contribution in [3.63, 3.8) is 0 Å². The van der Waals surface area contributed by atoms with E-state index >= 15 is 0 Å². The van der Waals surface area contributed by atoms with Gasteiger partial charge >= 0.3 is 0 Å². The van der Waals surface area contributed by atoms with Gasteiger partial charge in [0.2, 0.25) is 0 Å². The first-order valence-corrected chi connectivity index (χ1v) is 6.92. The number of benzene rings is 1. The van der Waals surface area contributed by atoms with Gasteiger partial charge in [0.1, 0.15) is 0 Å². The molecular formula is C16H23N3. The van der Waals surface area contributed by atoms with Crippen LogP contribution in [0.3, 0.4) is 0 Å². The molecule has 102 valence electrons. The molecule has 0 spiro atoms. The predicted molar refractivity (Wildman–Crippen MR) is 79.1 cm³/mol. The Bertz CT molecular complexity index is 497. The Labute approximate surface area is 115 Å². The highest BCUT2D eigenvalue weighted by Gasteiger charge is 2.00. The molecule has 0 bridgehead atoms. The molecule has 1 aromatic carbocycles. The van der Waals surface area contributed by atoms with Crippen LogP contribution in [0.2, 0.25) is 0 Å². The third-order valence-corrected chi connectivity index (χ3v) is 3.17. The quantitative estimate of drug-likeness (QED) is 0.862. The van der Waals surface area contributed by atoms with Gasteiger partial charge < -0.3 is 5.32 Å². The van der Waals surface area contributed by atoms with E-state index < -0.39 is 0 Å². The average Bonchev–Trinajstić information content (AvgIpc) is 2.77. The third-order valence-electron chi connectivity index (χ3n) is 3.17. The van der Waals surface area contributed by atoms with Gasteiger partial charge in [0, 0.05) is 18.4 Å². The van der Waals surface area contributed by atoms with Crippen LogP contribution in [0.15, 0.2) is 36.5 Å². The highest BCUT2D eigenvalue weighted by Crippen LogP contribution is 2.07. The number of aromatic nitrogens is 2. The minimum absolute atomic E-state index is 0.696. The second-order valence-corrected chi connectivity index (χ2v) is 5.47. The van der Waals surface area contributed by atoms with Crippen LogP contribution in [-0.2, 0) is 13.1 Å². The normalized spacial score (nSPS) is 11.2. The summed E-state index contributed by atoms with van der Waals surface area (Å²) in [7, 11) is 0. The van der Waals surface area contributed by atoms with Gasteiger partial charge in [-0.15, -0.1) is 0 Å². The van der Waals surface area contributed by atoms with Crippen molar-refractivity contribution in [2.45, 2.75) is 33.9 Å². The Balaban J connectivity index is 1.89. The average molecular weight is 257 g/mol. The van der Waals surface area contributed by atoms with E-state index in [-0.39, 0.29) is 0 Å². The number of hydrogen-bond acceptors (Lipinski definition) is 2. The molecule has 0 fully saturated rings. The molecule has 0 atom stereocenters. The summed E-state index contributed by atoms with van der Waals surface area (Å²) in [6.07, 6.45) is 1.85. The van der Waals surface area contributed by atoms with Crippen LogP contribution >= 0.6 is 0 Å². The molecule has 0 saturated carbocycles. The summed E-state index contributed by atoms with van der Waals surface area (Å²) < 4.78 is 2.02. The molecule has 3 nitrogen and oxygen atoms in total. The molecule has 1 aromatic heterocycles. The molecule has 0 aliphatic heterocycles. The zero-order valence-electron chi connectivity index (χ0n) is 12.1. The van der Waals surface area contributed by atoms with E-state index in [1.165, 1.54) is 16.8 Å². The zero-order valence-corrected chi connectivity index (χ0v) is 12.1. The number of hydrogen-bond donors (Lipinski definition) is 1. The van der Waals surface area contributed by atoms with E-state index in [0.29, 0.717) is 5.92 Å². The smallest absolute Gasteiger partial charge is 0.0662 e. The monoisotopic (exact) mass is 257 g/mol. The molecule has 3 heteroatoms. The van der Waals surface area contributed by atoms with Gasteiger partial charge in [0.25, 0.3) is 0 Å². The van der Waals surface area contributed by atoms with Crippen molar-refractivity contribution in [1.82, 2.24) is 15.1 Å². The molecule has 0 unspecified atom stereocenters. The van der Waals surface area contributed by atoms with Gasteiger partial charge in [0.05, 0.1) is 6.54 Å². The molecule has 19 heavy (non-hydrogen) atoms. The molecule has 0 amide bonds. The molecule has 0 radical (unpaired) electrons. The van der Waals surface area contributed by atoms with Crippen molar-refractivity contribution < 1.29 is 0 Å². The molecule has 2 rings (SSSR count). The Morgan fingerprint density at radius 3 is 2.37 bits per heavy atom. The fraction of sp³-hybridized carbons (Fsp3) is 0.438. The maximum atomic E-state index is 4.31. The SMILES string of the molecule is Cc1ccnn1Cc1ccc(CNCC(C)C)cc1. The third kappa shape index (κ3) is 4.21. The summed E-state index contributed by atoms with van der Waals surface area (Å²) >= 11 is 0. The molecule has 0 saturated heterocycles. The summed E-state index contributed by atoms with van der Waals surface area (Å²) in [5, 5.41) is 7.76. The van der Waals surface area contributed by atoms with E-state index in [2.05, 4.69) is 55.5 Å². The summed E-state index contributed by atoms with van der Waals surface area (Å²) in [5.41, 5.74) is 3.82. The van der Waals surface area contributed by atoms with Gasteiger partial charge in [-0.2, -0.15) is 5.10 Å². The Morgan fingerprint density at radius 2 is 1.79 bits per heavy atom. The standard InChI is InChI=1S/C16H23N3/c1-13(2)10-17-11-15-4-6-16(7-5-15)12-19-14(3)8-9-18-19/h4-9,13,17H,10-12H2,1-3H3. The fourth-order valence-electron chi connectivity index (χ4n) is 2.00. The predicted octanol–water partition coefficient (Wildman–Crippen LogP) is 2.99. The summed E-state index contributed by atoms with van der Waals surface area (Å²) in [6.45, 7) is 9.38. The Hall–Kier alpha value is -1.61. The topological polar surface area (TPSA) is 29.9 Å². The zero-order chi connectivity index (χ0) is 13.7. The fourth-order valence-corrected chi connectivity index (χ4v) is 2.00. The van der Waals surface area contributed by atoms with Gasteiger partial charge in [-0.1, -0.05) is 38.1 Å². The number of nitrogens with one attached hydrogen (secondary N) is 1. The first kappa shape index (κ1) is 13.8. The highest BCUT2D eigenvalue weighted by molar-refractivity contribution is 5.23. The minimum atomic E-state index is 0.696. The molecule has 0 aliphatic carbocycles. The van der Waals surface area contributed by atoms with Crippen molar-refractivity contribution >= 4 is 0 Å². The van der Waals surface area contributed by atoms with E-state index in [4.69, 9.17) is 0 Å². The maximum Gasteiger partial charge on any atom is 0.0662 e. The van der Waals surface area contributed by atoms with Gasteiger partial charge in [-0.05, 0) is 36.6 Å². The van der Waals surface area contributed by atoms with Crippen LogP contribution in [0.4, 0.5) is 0 Å². The molecular weight excluding hydrogens is 234 g/mol. The van der Waals surface area contributed by atoms with Gasteiger partial charge in [0.15, 0.2) is 0 Å². The number of aryl methyl sites for hydroxylation is 1. The lowest BCUT2D eigenvalue weighted by molar-refractivity contribution is 0.552. The van der Waals surface area contributed by atoms with Crippen molar-refractivity contribution in [1.29, 1.82) is 0 Å². The Kier molecular flexibility index (Phi) is 4.74. The lowest BCUT2D eigenvalue weighted by atomic mass is 10.1. The highest BCUT2D eigenvalue weighted by atomic mass is 15.3. The second-order valence-electron chi connectivity index (χ2n) is 5.47. The van der Waals surface area contributed by atoms with Crippen molar-refractivity contribution in [2.24, 2.45) is 5.92 Å². The number of nitrogens with zero attached hydrogens (tertiary/aromatic N) is 2.